The van der Waals surface area contributed by atoms with Crippen molar-refractivity contribution in [2.75, 3.05) is 165 Å². The minimum Gasteiger partial charge on any atom is -0.420 e. The van der Waals surface area contributed by atoms with Gasteiger partial charge >= 0.3 is 26.3 Å². The van der Waals surface area contributed by atoms with Gasteiger partial charge in [0.05, 0.1) is 151 Å². The molecule has 2 aromatic carbocycles. The number of ether oxygens (including phenoxy) is 11. The number of amidine groups is 1. The van der Waals surface area contributed by atoms with E-state index in [9.17, 15) is 48.8 Å². The maximum absolute atomic E-state index is 14.0. The van der Waals surface area contributed by atoms with Gasteiger partial charge in [0.25, 0.3) is 5.91 Å². The van der Waals surface area contributed by atoms with Crippen LogP contribution in [-0.4, -0.2) is 226 Å². The van der Waals surface area contributed by atoms with Crippen LogP contribution in [0.15, 0.2) is 39.9 Å². The smallest absolute Gasteiger partial charge is 0.313 e. The normalized spacial score (nSPS) is 14.0. The molecule has 86 heavy (non-hydrogen) atoms. The first-order valence-electron chi connectivity index (χ1n) is 27.5. The number of nitrogens with two attached hydrogens (primary N) is 1. The maximum atomic E-state index is 14.0. The van der Waals surface area contributed by atoms with Crippen LogP contribution in [0.3, 0.4) is 0 Å². The van der Waals surface area contributed by atoms with E-state index in [0.29, 0.717) is 134 Å². The summed E-state index contributed by atoms with van der Waals surface area (Å²) in [6.07, 6.45) is 4.32. The monoisotopic (exact) mass is 1270 g/mol. The molecule has 0 spiro atoms. The number of rotatable bonds is 47. The molecule has 0 saturated carbocycles. The minimum atomic E-state index is -5.66. The molecule has 0 atom stereocenters. The van der Waals surface area contributed by atoms with E-state index in [-0.39, 0.29) is 101 Å². The number of amides is 2. The predicted octanol–water partition coefficient (Wildman–Crippen LogP) is 2.88. The lowest BCUT2D eigenvalue weighted by Crippen LogP contribution is -2.56. The fraction of sp³-hybridized carbons (Fsp3) is 0.604. The van der Waals surface area contributed by atoms with Crippen molar-refractivity contribution in [2.24, 2.45) is 16.6 Å². The highest BCUT2D eigenvalue weighted by atomic mass is 32.2. The number of carbonyl (C=O) groups excluding carboxylic acids is 3. The number of esters is 1. The highest BCUT2D eigenvalue weighted by molar-refractivity contribution is 7.87. The number of aliphatic imine (C=N–C) groups is 1. The average molecular weight is 1270 g/mol. The summed E-state index contributed by atoms with van der Waals surface area (Å²) in [7, 11) is -9.59. The fourth-order valence-corrected chi connectivity index (χ4v) is 9.41. The number of hydrogen-bond donors (Lipinski definition) is 5. The van der Waals surface area contributed by atoms with Gasteiger partial charge in [-0.1, -0.05) is 19.1 Å². The number of hydroxylamine groups is 2. The summed E-state index contributed by atoms with van der Waals surface area (Å²) in [4.78, 5) is 45.2. The van der Waals surface area contributed by atoms with E-state index in [0.717, 1.165) is 6.21 Å². The largest absolute Gasteiger partial charge is 0.420 e. The minimum absolute atomic E-state index is 0.00905. The van der Waals surface area contributed by atoms with Crippen LogP contribution in [0, 0.1) is 34.6 Å². The molecule has 2 aliphatic heterocycles. The lowest BCUT2D eigenvalue weighted by atomic mass is 10.0. The van der Waals surface area contributed by atoms with Crippen molar-refractivity contribution in [1.29, 1.82) is 5.41 Å². The Kier molecular flexibility index (Phi) is 33.9. The Morgan fingerprint density at radius 3 is 1.63 bits per heavy atom. The van der Waals surface area contributed by atoms with Crippen molar-refractivity contribution in [1.82, 2.24) is 19.4 Å². The van der Waals surface area contributed by atoms with Gasteiger partial charge in [0, 0.05) is 74.1 Å². The van der Waals surface area contributed by atoms with E-state index in [1.165, 1.54) is 15.6 Å². The second kappa shape index (κ2) is 40.0. The van der Waals surface area contributed by atoms with Crippen LogP contribution in [0.1, 0.15) is 50.7 Å². The van der Waals surface area contributed by atoms with Crippen molar-refractivity contribution in [3.05, 3.63) is 64.4 Å². The maximum Gasteiger partial charge on any atom is 0.313 e. The van der Waals surface area contributed by atoms with E-state index in [2.05, 4.69) is 19.8 Å². The number of allylic oxidation sites excluding steroid dienone is 1. The van der Waals surface area contributed by atoms with E-state index < -0.39 is 66.6 Å². The highest BCUT2D eigenvalue weighted by Gasteiger charge is 2.36. The van der Waals surface area contributed by atoms with Crippen molar-refractivity contribution in [3.8, 4) is 5.75 Å². The van der Waals surface area contributed by atoms with E-state index in [4.69, 9.17) is 67.9 Å². The summed E-state index contributed by atoms with van der Waals surface area (Å²) < 4.78 is 175. The van der Waals surface area contributed by atoms with Crippen molar-refractivity contribution in [3.63, 3.8) is 0 Å². The summed E-state index contributed by atoms with van der Waals surface area (Å²) in [5.41, 5.74) is 8.47. The van der Waals surface area contributed by atoms with Gasteiger partial charge in [0.15, 0.2) is 16.5 Å². The third-order valence-corrected chi connectivity index (χ3v) is 14.1. The topological polar surface area (TPSA) is 343 Å². The molecule has 0 aromatic heterocycles. The van der Waals surface area contributed by atoms with Crippen LogP contribution in [0.4, 0.5) is 23.2 Å². The Balaban J connectivity index is 0.867. The highest BCUT2D eigenvalue weighted by Crippen LogP contribution is 2.33. The van der Waals surface area contributed by atoms with Crippen LogP contribution in [0.2, 0.25) is 0 Å². The van der Waals surface area contributed by atoms with Gasteiger partial charge in [0.2, 0.25) is 23.3 Å². The number of carbonyl (C=O) groups is 3. The second-order valence-corrected chi connectivity index (χ2v) is 21.4. The molecule has 484 valence electrons. The van der Waals surface area contributed by atoms with Crippen LogP contribution < -0.4 is 20.5 Å². The number of hydrogen-bond acceptors (Lipinski definition) is 22. The Labute approximate surface area is 497 Å². The average Bonchev–Trinajstić information content (AvgIpc) is 1.18. The zero-order valence-electron chi connectivity index (χ0n) is 48.0. The molecule has 0 unspecified atom stereocenters. The third-order valence-electron chi connectivity index (χ3n) is 11.8. The SMILES string of the molecule is CCCN(OCC)C(=O)C1=Cc2ccc(/C(C=N)=C/NS(=O)(=O)N3CC(CNC(=O)CCOCCOCCOCCOCCOCCOCCOCCOCCOCCOCCC(=O)Oc4c(F)c(F)c(S(=O)(=O)O)c(F)c4F)C3)cc2N=C(N)C1. The van der Waals surface area contributed by atoms with Crippen molar-refractivity contribution >= 4 is 67.5 Å². The van der Waals surface area contributed by atoms with Crippen molar-refractivity contribution in [2.45, 2.75) is 44.4 Å². The van der Waals surface area contributed by atoms with E-state index >= 15 is 0 Å². The molecule has 1 fully saturated rings. The molecule has 2 aromatic rings. The Morgan fingerprint density at radius 1 is 0.721 bits per heavy atom. The number of benzene rings is 2. The van der Waals surface area contributed by atoms with Gasteiger partial charge in [-0.15, -0.1) is 0 Å². The van der Waals surface area contributed by atoms with E-state index in [1.807, 2.05) is 6.92 Å². The summed E-state index contributed by atoms with van der Waals surface area (Å²) in [5, 5.41) is 12.1. The van der Waals surface area contributed by atoms with Gasteiger partial charge in [-0.05, 0) is 31.1 Å². The van der Waals surface area contributed by atoms with Gasteiger partial charge in [-0.25, -0.2) is 18.8 Å². The summed E-state index contributed by atoms with van der Waals surface area (Å²) in [5.74, 6) is -13.1. The zero-order chi connectivity index (χ0) is 62.7. The Bertz CT molecular complexity index is 2760. The van der Waals surface area contributed by atoms with Crippen LogP contribution in [-0.2, 0) is 86.9 Å². The summed E-state index contributed by atoms with van der Waals surface area (Å²) in [6.45, 7) is 10.5. The predicted molar refractivity (Wildman–Crippen MR) is 300 cm³/mol. The fourth-order valence-electron chi connectivity index (χ4n) is 7.54. The van der Waals surface area contributed by atoms with Gasteiger partial charge in [-0.3, -0.25) is 28.5 Å². The van der Waals surface area contributed by atoms with Crippen LogP contribution >= 0.6 is 0 Å². The Morgan fingerprint density at radius 2 is 1.19 bits per heavy atom. The molecule has 2 aliphatic rings. The van der Waals surface area contributed by atoms with Crippen molar-refractivity contribution < 1.29 is 110 Å². The molecule has 0 aliphatic carbocycles. The van der Waals surface area contributed by atoms with Gasteiger partial charge < -0.3 is 68.6 Å². The third kappa shape index (κ3) is 26.4. The molecular weight excluding hydrogens is 1190 g/mol. The molecule has 0 radical (unpaired) electrons. The standard InChI is InChI=1S/C53H77F4N7O20S2/c1-3-9-64(83-4-2)53(67)41-30-40-6-5-39(31-43(40)62-44(59)32-41)42(33-58)35-61-86(71,72)63-36-38(37-63)34-60-45(65)7-10-73-12-14-75-16-18-77-20-22-79-24-26-81-28-29-82-27-25-80-23-21-78-19-17-76-15-13-74-11-8-46(66)84-51-47(54)49(56)52(85(68,69)70)50(57)48(51)55/h5-6,30-31,33,35,38,58,61H,3-4,7-29,32,34,36-37H2,1-2H3,(H2,59,62)(H,60,65)(H,68,69,70)/b42-35+,58-33?. The molecule has 0 bridgehead atoms. The summed E-state index contributed by atoms with van der Waals surface area (Å²) >= 11 is 0. The molecule has 4 rings (SSSR count). The molecule has 2 heterocycles. The number of fused-ring (bicyclic) bond motifs is 1. The first kappa shape index (κ1) is 72.8. The number of nitrogens with one attached hydrogen (secondary N) is 3. The van der Waals surface area contributed by atoms with Gasteiger partial charge in [-0.2, -0.15) is 29.9 Å². The molecule has 1 saturated heterocycles. The molecular formula is C53H77F4N7O20S2. The second-order valence-electron chi connectivity index (χ2n) is 18.4. The Hall–Kier alpha value is -5.63. The number of halogens is 4. The van der Waals surface area contributed by atoms with E-state index in [1.54, 1.807) is 31.2 Å². The molecule has 2 amide bonds. The first-order chi connectivity index (χ1) is 41.3. The van der Waals surface area contributed by atoms with Crippen LogP contribution in [0.5, 0.6) is 5.75 Å². The lowest BCUT2D eigenvalue weighted by Gasteiger charge is -2.37. The van der Waals surface area contributed by atoms with Crippen LogP contribution in [0.25, 0.3) is 11.6 Å². The zero-order valence-corrected chi connectivity index (χ0v) is 49.6. The molecule has 27 nitrogen and oxygen atoms in total. The first-order valence-corrected chi connectivity index (χ1v) is 30.4. The molecule has 33 heteroatoms. The number of nitrogens with zero attached hydrogens (tertiary/aromatic N) is 3. The molecule has 6 N–H and O–H groups in total. The quantitative estimate of drug-likeness (QED) is 0.00929. The lowest BCUT2D eigenvalue weighted by molar-refractivity contribution is -0.180. The van der Waals surface area contributed by atoms with Gasteiger partial charge in [0.1, 0.15) is 5.84 Å². The summed E-state index contributed by atoms with van der Waals surface area (Å²) in [6, 6.07) is 5.10.